The zero-order valence-corrected chi connectivity index (χ0v) is 10.7. The van der Waals surface area contributed by atoms with Gasteiger partial charge in [-0.25, -0.2) is 4.98 Å². The summed E-state index contributed by atoms with van der Waals surface area (Å²) in [6.07, 6.45) is -2.77. The molecule has 0 saturated heterocycles. The standard InChI is InChI=1S/C12H18F3N3/c1-8(2)18(7-12(13,14)15)11-6-10(9(3)16)4-5-17-11/h4-6,8-9H,7,16H2,1-3H3. The van der Waals surface area contributed by atoms with Crippen LogP contribution < -0.4 is 10.6 Å². The number of aromatic nitrogens is 1. The van der Waals surface area contributed by atoms with Crippen LogP contribution in [0.5, 0.6) is 0 Å². The van der Waals surface area contributed by atoms with Crippen LogP contribution in [0.1, 0.15) is 32.4 Å². The number of nitrogens with zero attached hydrogens (tertiary/aromatic N) is 2. The number of pyridine rings is 1. The molecule has 2 N–H and O–H groups in total. The Morgan fingerprint density at radius 3 is 2.39 bits per heavy atom. The topological polar surface area (TPSA) is 42.1 Å². The van der Waals surface area contributed by atoms with Crippen molar-refractivity contribution in [2.24, 2.45) is 5.73 Å². The number of hydrogen-bond acceptors (Lipinski definition) is 3. The Hall–Kier alpha value is -1.30. The van der Waals surface area contributed by atoms with Crippen molar-refractivity contribution in [3.8, 4) is 0 Å². The van der Waals surface area contributed by atoms with Gasteiger partial charge in [0.15, 0.2) is 0 Å². The summed E-state index contributed by atoms with van der Waals surface area (Å²) in [5.41, 5.74) is 6.49. The van der Waals surface area contributed by atoms with Crippen molar-refractivity contribution in [2.45, 2.75) is 39.0 Å². The summed E-state index contributed by atoms with van der Waals surface area (Å²) in [6.45, 7) is 4.17. The smallest absolute Gasteiger partial charge is 0.345 e. The van der Waals surface area contributed by atoms with E-state index >= 15 is 0 Å². The summed E-state index contributed by atoms with van der Waals surface area (Å²) in [5, 5.41) is 0. The van der Waals surface area contributed by atoms with Crippen molar-refractivity contribution in [3.05, 3.63) is 23.9 Å². The van der Waals surface area contributed by atoms with E-state index in [2.05, 4.69) is 4.98 Å². The molecule has 1 unspecified atom stereocenters. The molecular weight excluding hydrogens is 243 g/mol. The molecule has 18 heavy (non-hydrogen) atoms. The Kier molecular flexibility index (Phi) is 4.56. The third-order valence-corrected chi connectivity index (χ3v) is 2.56. The molecule has 6 heteroatoms. The van der Waals surface area contributed by atoms with E-state index in [1.165, 1.54) is 11.1 Å². The zero-order chi connectivity index (χ0) is 13.9. The largest absolute Gasteiger partial charge is 0.405 e. The highest BCUT2D eigenvalue weighted by Crippen LogP contribution is 2.24. The summed E-state index contributed by atoms with van der Waals surface area (Å²) in [4.78, 5) is 5.21. The lowest BCUT2D eigenvalue weighted by Gasteiger charge is -2.29. The van der Waals surface area contributed by atoms with E-state index in [0.717, 1.165) is 5.56 Å². The van der Waals surface area contributed by atoms with Crippen LogP contribution in [-0.2, 0) is 0 Å². The minimum Gasteiger partial charge on any atom is -0.345 e. The molecular formula is C12H18F3N3. The molecule has 0 aliphatic rings. The Morgan fingerprint density at radius 1 is 1.33 bits per heavy atom. The Bertz CT molecular complexity index is 388. The van der Waals surface area contributed by atoms with E-state index in [1.54, 1.807) is 32.9 Å². The zero-order valence-electron chi connectivity index (χ0n) is 10.7. The third-order valence-electron chi connectivity index (χ3n) is 2.56. The molecule has 1 aromatic heterocycles. The first-order valence-electron chi connectivity index (χ1n) is 5.75. The third kappa shape index (κ3) is 4.18. The Morgan fingerprint density at radius 2 is 1.94 bits per heavy atom. The van der Waals surface area contributed by atoms with Crippen LogP contribution in [0.2, 0.25) is 0 Å². The maximum Gasteiger partial charge on any atom is 0.405 e. The highest BCUT2D eigenvalue weighted by Gasteiger charge is 2.32. The van der Waals surface area contributed by atoms with Gasteiger partial charge in [0.2, 0.25) is 0 Å². The summed E-state index contributed by atoms with van der Waals surface area (Å²) >= 11 is 0. The minimum atomic E-state index is -4.25. The molecule has 0 bridgehead atoms. The Balaban J connectivity index is 3.02. The molecule has 1 heterocycles. The highest BCUT2D eigenvalue weighted by atomic mass is 19.4. The van der Waals surface area contributed by atoms with Gasteiger partial charge in [-0.2, -0.15) is 13.2 Å². The first-order chi connectivity index (χ1) is 8.20. The van der Waals surface area contributed by atoms with Gasteiger partial charge in [0.05, 0.1) is 0 Å². The van der Waals surface area contributed by atoms with Gasteiger partial charge >= 0.3 is 6.18 Å². The van der Waals surface area contributed by atoms with E-state index in [0.29, 0.717) is 5.82 Å². The first-order valence-corrected chi connectivity index (χ1v) is 5.75. The van der Waals surface area contributed by atoms with E-state index in [-0.39, 0.29) is 12.1 Å². The second-order valence-corrected chi connectivity index (χ2v) is 4.57. The van der Waals surface area contributed by atoms with Crippen LogP contribution in [-0.4, -0.2) is 23.7 Å². The maximum absolute atomic E-state index is 12.5. The molecule has 0 amide bonds. The average Bonchev–Trinajstić information content (AvgIpc) is 2.24. The molecule has 1 rings (SSSR count). The lowest BCUT2D eigenvalue weighted by molar-refractivity contribution is -0.120. The van der Waals surface area contributed by atoms with Crippen molar-refractivity contribution in [1.82, 2.24) is 4.98 Å². The monoisotopic (exact) mass is 261 g/mol. The summed E-state index contributed by atoms with van der Waals surface area (Å²) in [7, 11) is 0. The SMILES string of the molecule is CC(N)c1ccnc(N(CC(F)(F)F)C(C)C)c1. The molecule has 3 nitrogen and oxygen atoms in total. The fraction of sp³-hybridized carbons (Fsp3) is 0.583. The van der Waals surface area contributed by atoms with E-state index in [4.69, 9.17) is 5.73 Å². The van der Waals surface area contributed by atoms with Crippen LogP contribution >= 0.6 is 0 Å². The lowest BCUT2D eigenvalue weighted by atomic mass is 10.1. The fourth-order valence-corrected chi connectivity index (χ4v) is 1.60. The van der Waals surface area contributed by atoms with Gasteiger partial charge in [0.1, 0.15) is 12.4 Å². The second kappa shape index (κ2) is 5.56. The maximum atomic E-state index is 12.5. The molecule has 102 valence electrons. The number of rotatable bonds is 4. The van der Waals surface area contributed by atoms with Gasteiger partial charge < -0.3 is 10.6 Å². The Labute approximate surface area is 105 Å². The average molecular weight is 261 g/mol. The van der Waals surface area contributed by atoms with Gasteiger partial charge in [0.25, 0.3) is 0 Å². The normalized spacial score (nSPS) is 13.8. The van der Waals surface area contributed by atoms with Crippen molar-refractivity contribution < 1.29 is 13.2 Å². The van der Waals surface area contributed by atoms with Crippen LogP contribution in [0.3, 0.4) is 0 Å². The number of alkyl halides is 3. The molecule has 0 aliphatic carbocycles. The van der Waals surface area contributed by atoms with Crippen LogP contribution in [0.25, 0.3) is 0 Å². The molecule has 1 aromatic rings. The molecule has 0 radical (unpaired) electrons. The molecule has 0 saturated carbocycles. The van der Waals surface area contributed by atoms with Crippen molar-refractivity contribution in [2.75, 3.05) is 11.4 Å². The van der Waals surface area contributed by atoms with Crippen LogP contribution in [0.15, 0.2) is 18.3 Å². The van der Waals surface area contributed by atoms with E-state index in [1.807, 2.05) is 0 Å². The number of anilines is 1. The highest BCUT2D eigenvalue weighted by molar-refractivity contribution is 5.42. The van der Waals surface area contributed by atoms with E-state index in [9.17, 15) is 13.2 Å². The molecule has 0 fully saturated rings. The fourth-order valence-electron chi connectivity index (χ4n) is 1.60. The van der Waals surface area contributed by atoms with Gasteiger partial charge in [-0.3, -0.25) is 0 Å². The quantitative estimate of drug-likeness (QED) is 0.906. The van der Waals surface area contributed by atoms with Gasteiger partial charge in [-0.05, 0) is 38.5 Å². The lowest BCUT2D eigenvalue weighted by Crippen LogP contribution is -2.39. The predicted molar refractivity (Wildman–Crippen MR) is 65.4 cm³/mol. The van der Waals surface area contributed by atoms with Crippen molar-refractivity contribution >= 4 is 5.82 Å². The minimum absolute atomic E-state index is 0.230. The van der Waals surface area contributed by atoms with Crippen molar-refractivity contribution in [1.29, 1.82) is 0 Å². The van der Waals surface area contributed by atoms with Crippen LogP contribution in [0.4, 0.5) is 19.0 Å². The second-order valence-electron chi connectivity index (χ2n) is 4.57. The predicted octanol–water partition coefficient (Wildman–Crippen LogP) is 2.88. The molecule has 1 atom stereocenters. The van der Waals surface area contributed by atoms with Gasteiger partial charge in [0, 0.05) is 18.3 Å². The van der Waals surface area contributed by atoms with Crippen molar-refractivity contribution in [3.63, 3.8) is 0 Å². The molecule has 0 spiro atoms. The summed E-state index contributed by atoms with van der Waals surface area (Å²) < 4.78 is 37.6. The molecule has 0 aromatic carbocycles. The summed E-state index contributed by atoms with van der Waals surface area (Å²) in [5.74, 6) is 0.303. The number of halogens is 3. The van der Waals surface area contributed by atoms with Gasteiger partial charge in [-0.15, -0.1) is 0 Å². The van der Waals surface area contributed by atoms with Crippen LogP contribution in [0, 0.1) is 0 Å². The van der Waals surface area contributed by atoms with Gasteiger partial charge in [-0.1, -0.05) is 0 Å². The van der Waals surface area contributed by atoms with E-state index < -0.39 is 12.7 Å². The molecule has 0 aliphatic heterocycles. The number of hydrogen-bond donors (Lipinski definition) is 1. The first kappa shape index (κ1) is 14.8. The summed E-state index contributed by atoms with van der Waals surface area (Å²) in [6, 6.07) is 2.80. The number of nitrogens with two attached hydrogens (primary N) is 1.